The summed E-state index contributed by atoms with van der Waals surface area (Å²) in [6.07, 6.45) is -0.220. The molecule has 117 heavy (non-hydrogen) atoms. The Morgan fingerprint density at radius 2 is 0.829 bits per heavy atom. The van der Waals surface area contributed by atoms with Crippen molar-refractivity contribution in [2.24, 2.45) is 0 Å². The first-order valence-electron chi connectivity index (χ1n) is 36.3. The molecule has 6 N–H and O–H groups in total. The zero-order valence-electron chi connectivity index (χ0n) is 61.5. The normalized spacial score (nSPS) is 13.5. The maximum absolute atomic E-state index is 13.9. The summed E-state index contributed by atoms with van der Waals surface area (Å²) in [7, 11) is 0. The molecule has 2 saturated carbocycles. The molecule has 16 aromatic rings. The average molecular weight is 1600 g/mol. The highest BCUT2D eigenvalue weighted by Crippen LogP contribution is 2.44. The van der Waals surface area contributed by atoms with Crippen LogP contribution in [0.5, 0.6) is 5.75 Å². The molecule has 0 unspecified atom stereocenters. The van der Waals surface area contributed by atoms with Crippen LogP contribution in [0, 0.1) is 25.5 Å². The molecule has 0 radical (unpaired) electrons. The topological polar surface area (TPSA) is 322 Å². The zero-order chi connectivity index (χ0) is 81.1. The van der Waals surface area contributed by atoms with Gasteiger partial charge in [0.1, 0.15) is 40.7 Å². The summed E-state index contributed by atoms with van der Waals surface area (Å²) in [6.45, 7) is 4.12. The minimum atomic E-state index is -4.41. The maximum Gasteiger partial charge on any atom is 0.416 e. The van der Waals surface area contributed by atoms with E-state index in [0.717, 1.165) is 121 Å². The predicted octanol–water partition coefficient (Wildman–Crippen LogP) is 16.5. The van der Waals surface area contributed by atoms with Gasteiger partial charge in [0.15, 0.2) is 17.5 Å². The molecule has 1 aliphatic heterocycles. The molecule has 19 rings (SSSR count). The lowest BCUT2D eigenvalue weighted by atomic mass is 10.2. The number of hydrogen-bond acceptors (Lipinski definition) is 24. The molecular weight excluding hydrogens is 1540 g/mol. The minimum Gasteiger partial charge on any atom is -0.435 e. The van der Waals surface area contributed by atoms with E-state index >= 15 is 0 Å². The third kappa shape index (κ3) is 17.8. The third-order valence-corrected chi connectivity index (χ3v) is 18.6. The number of anilines is 10. The van der Waals surface area contributed by atoms with Crippen molar-refractivity contribution in [2.75, 3.05) is 58.2 Å². The van der Waals surface area contributed by atoms with Gasteiger partial charge in [0.25, 0.3) is 0 Å². The number of halogens is 10. The molecule has 2 aliphatic carbocycles. The van der Waals surface area contributed by atoms with E-state index in [0.29, 0.717) is 80.2 Å². The summed E-state index contributed by atoms with van der Waals surface area (Å²) in [6, 6.07) is 47.5. The predicted molar refractivity (Wildman–Crippen MR) is 414 cm³/mol. The molecule has 8 aromatic carbocycles. The van der Waals surface area contributed by atoms with E-state index in [-0.39, 0.29) is 41.3 Å². The van der Waals surface area contributed by atoms with Gasteiger partial charge in [-0.25, -0.2) is 28.7 Å². The van der Waals surface area contributed by atoms with Gasteiger partial charge >= 0.3 is 19.0 Å². The van der Waals surface area contributed by atoms with Crippen LogP contribution in [0.3, 0.4) is 0 Å². The Morgan fingerprint density at radius 1 is 0.427 bits per heavy atom. The highest BCUT2D eigenvalue weighted by atomic mass is 19.4. The summed E-state index contributed by atoms with van der Waals surface area (Å²) in [5.41, 5.74) is 13.9. The molecule has 0 spiro atoms. The van der Waals surface area contributed by atoms with Crippen molar-refractivity contribution < 1.29 is 53.4 Å². The number of hydrogen-bond donors (Lipinski definition) is 5. The monoisotopic (exact) mass is 1600 g/mol. The highest BCUT2D eigenvalue weighted by Gasteiger charge is 2.34. The van der Waals surface area contributed by atoms with Crippen molar-refractivity contribution in [1.82, 2.24) is 98.7 Å². The van der Waals surface area contributed by atoms with Gasteiger partial charge in [-0.05, 0) is 185 Å². The summed E-state index contributed by atoms with van der Waals surface area (Å²) in [5.74, 6) is 5.82. The minimum absolute atomic E-state index is 0.0379. The van der Waals surface area contributed by atoms with Gasteiger partial charge in [-0.2, -0.15) is 80.3 Å². The first kappa shape index (κ1) is 76.5. The summed E-state index contributed by atoms with van der Waals surface area (Å²) >= 11 is 0. The Morgan fingerprint density at radius 3 is 1.31 bits per heavy atom. The fourth-order valence-electron chi connectivity index (χ4n) is 12.9. The molecule has 3 aliphatic rings. The zero-order valence-corrected chi connectivity index (χ0v) is 61.5. The van der Waals surface area contributed by atoms with E-state index in [4.69, 9.17) is 15.5 Å². The molecule has 28 nitrogen and oxygen atoms in total. The molecule has 0 atom stereocenters. The van der Waals surface area contributed by atoms with Crippen LogP contribution in [-0.2, 0) is 17.1 Å². The van der Waals surface area contributed by atoms with E-state index in [9.17, 15) is 43.9 Å². The van der Waals surface area contributed by atoms with E-state index < -0.39 is 35.9 Å². The van der Waals surface area contributed by atoms with Crippen molar-refractivity contribution >= 4 is 102 Å². The van der Waals surface area contributed by atoms with Crippen LogP contribution >= 0.6 is 0 Å². The highest BCUT2D eigenvalue weighted by molar-refractivity contribution is 5.81. The van der Waals surface area contributed by atoms with Crippen LogP contribution in [0.1, 0.15) is 71.9 Å². The Hall–Kier alpha value is -14.5. The Labute approximate surface area is 656 Å². The summed E-state index contributed by atoms with van der Waals surface area (Å²) in [5, 5.41) is 35.6. The number of ether oxygens (including phenoxy) is 2. The molecule has 8 aromatic heterocycles. The number of para-hydroxylation sites is 4. The van der Waals surface area contributed by atoms with Gasteiger partial charge in [0, 0.05) is 65.5 Å². The third-order valence-electron chi connectivity index (χ3n) is 18.6. The second-order valence-corrected chi connectivity index (χ2v) is 26.8. The van der Waals surface area contributed by atoms with E-state index in [1.54, 1.807) is 46.5 Å². The largest absolute Gasteiger partial charge is 0.435 e. The molecule has 1 saturated heterocycles. The van der Waals surface area contributed by atoms with Gasteiger partial charge in [-0.3, -0.25) is 18.3 Å². The van der Waals surface area contributed by atoms with Crippen LogP contribution in [0.25, 0.3) is 67.5 Å². The number of morpholine rings is 1. The first-order chi connectivity index (χ1) is 56.5. The first-order valence-corrected chi connectivity index (χ1v) is 36.3. The van der Waals surface area contributed by atoms with Crippen LogP contribution in [0.4, 0.5) is 102 Å². The molecule has 0 amide bonds. The van der Waals surface area contributed by atoms with Gasteiger partial charge in [0.2, 0.25) is 35.7 Å². The molecule has 0 bridgehead atoms. The second-order valence-electron chi connectivity index (χ2n) is 26.8. The van der Waals surface area contributed by atoms with Crippen molar-refractivity contribution in [1.29, 1.82) is 0 Å². The standard InChI is InChI=1S/C21H22N8O.C20H14F4N6.C20H15F3N6.C18H13F3N6O/c1-14-23-17-4-2-3-5-18(17)29(14)21-26-19(22)25-20(27-21)24-15-6-8-16(9-7-15)28-10-12-30-13-11-28;21-13-5-8-15-16(9-13)30(18(27-15)11-1-2-11)17-10-25-29-19(28-17)26-14-6-3-12(4-7-14)20(22,23)24;21-20(22,23)13-7-9-14(10-8-13)25-19-27-17(11-24-28-19)29-16-4-2-1-3-15(16)26-18(29)12-5-6-12;1-10-23-14-7-2-11(19)8-15(14)27(10)16-9-22-26-18(25-16)24-12-3-5-13(6-4-12)28-17(20)21/h2-9H,10-13H2,1H3,(H3,22,24,25,26,27);3-11H,1-2H2,(H,26,28,29);1-4,7-12H,5-6H2,(H,25,27,28);2-9,17H,1H3,(H,24,25,26). The van der Waals surface area contributed by atoms with Crippen LogP contribution in [0.15, 0.2) is 201 Å². The number of nitrogens with zero attached hydrogens (tertiary/aromatic N) is 21. The van der Waals surface area contributed by atoms with Gasteiger partial charge in [-0.1, -0.05) is 24.3 Å². The van der Waals surface area contributed by atoms with Gasteiger partial charge in [0.05, 0.1) is 87.1 Å². The number of rotatable bonds is 17. The second kappa shape index (κ2) is 32.6. The van der Waals surface area contributed by atoms with Crippen LogP contribution in [0.2, 0.25) is 0 Å². The van der Waals surface area contributed by atoms with E-state index in [1.807, 2.05) is 76.7 Å². The fourth-order valence-corrected chi connectivity index (χ4v) is 12.9. The number of alkyl halides is 8. The van der Waals surface area contributed by atoms with Crippen LogP contribution < -0.4 is 36.6 Å². The number of aromatic nitrogens is 20. The number of nitrogens with two attached hydrogens (primary N) is 1. The SMILES string of the molecule is Cc1nc2ccc(F)cc2n1-c1cnnc(Nc2ccc(OC(F)F)cc2)n1.Cc1nc2ccccc2n1-c1nc(N)nc(Nc2ccc(N3CCOCC3)cc2)n1.FC(F)(F)c1ccc(Nc2nncc(-n3c(C4CC4)nc4ccccc43)n2)cc1.Fc1ccc2nc(C3CC3)n(-c3cnnc(Nc4ccc(C(F)(F)F)cc4)n3)c2c1. The number of benzene rings is 8. The molecular formula is C79H64F10N26O2. The van der Waals surface area contributed by atoms with Crippen molar-refractivity contribution in [3.05, 3.63) is 247 Å². The van der Waals surface area contributed by atoms with Crippen molar-refractivity contribution in [3.63, 3.8) is 0 Å². The summed E-state index contributed by atoms with van der Waals surface area (Å²) in [4.78, 5) is 47.1. The lowest BCUT2D eigenvalue weighted by Gasteiger charge is -2.28. The molecule has 3 fully saturated rings. The Bertz CT molecular complexity index is 6230. The molecule has 9 heterocycles. The van der Waals surface area contributed by atoms with Gasteiger partial charge < -0.3 is 41.4 Å². The Kier molecular flexibility index (Phi) is 21.3. The quantitative estimate of drug-likeness (QED) is 0.0529. The molecule has 592 valence electrons. The Balaban J connectivity index is 0.000000117. The van der Waals surface area contributed by atoms with Crippen molar-refractivity contribution in [3.8, 4) is 29.2 Å². The van der Waals surface area contributed by atoms with E-state index in [2.05, 4.69) is 118 Å². The fraction of sp³-hybridized carbons (Fsp3) is 0.190. The van der Waals surface area contributed by atoms with Gasteiger partial charge in [-0.15, -0.1) is 15.3 Å². The number of nitrogens with one attached hydrogen (secondary N) is 4. The lowest BCUT2D eigenvalue weighted by Crippen LogP contribution is -2.36. The number of fused-ring (bicyclic) bond motifs is 4. The maximum atomic E-state index is 13.9. The van der Waals surface area contributed by atoms with Crippen molar-refractivity contribution in [2.45, 2.75) is 70.3 Å². The smallest absolute Gasteiger partial charge is 0.416 e. The van der Waals surface area contributed by atoms with Crippen LogP contribution in [-0.4, -0.2) is 132 Å². The number of imidazole rings is 4. The van der Waals surface area contributed by atoms with E-state index in [1.165, 1.54) is 78.7 Å². The average Bonchev–Trinajstić information content (AvgIpc) is 1.62. The molecule has 38 heteroatoms. The number of aryl methyl sites for hydroxylation is 2. The lowest BCUT2D eigenvalue weighted by molar-refractivity contribution is -0.138. The number of nitrogen functional groups attached to an aromatic ring is 1. The summed E-state index contributed by atoms with van der Waals surface area (Å²) < 4.78 is 145.